The van der Waals surface area contributed by atoms with Crippen LogP contribution in [0.25, 0.3) is 19.4 Å². The molecule has 1 aromatic heterocycles. The summed E-state index contributed by atoms with van der Waals surface area (Å²) in [6.07, 6.45) is 29.7. The fourth-order valence-corrected chi connectivity index (χ4v) is 20.3. The number of esters is 2. The maximum absolute atomic E-state index is 12.4. The predicted molar refractivity (Wildman–Crippen MR) is 500 cm³/mol. The number of nitriles is 2. The Labute approximate surface area is 754 Å². The van der Waals surface area contributed by atoms with E-state index >= 15 is 0 Å². The molecular formula is C102H134BrN17O5. The largest absolute Gasteiger partial charge is 0.460 e. The van der Waals surface area contributed by atoms with Crippen molar-refractivity contribution in [2.75, 3.05) is 102 Å². The molecule has 22 nitrogen and oxygen atoms in total. The third-order valence-electron chi connectivity index (χ3n) is 27.6. The van der Waals surface area contributed by atoms with Crippen molar-refractivity contribution in [1.82, 2.24) is 40.2 Å². The van der Waals surface area contributed by atoms with E-state index in [0.717, 1.165) is 216 Å². The number of benzene rings is 5. The second-order valence-electron chi connectivity index (χ2n) is 38.3. The molecule has 5 N–H and O–H groups in total. The van der Waals surface area contributed by atoms with E-state index in [1.807, 2.05) is 151 Å². The van der Waals surface area contributed by atoms with Gasteiger partial charge in [0.1, 0.15) is 23.1 Å². The lowest BCUT2D eigenvalue weighted by molar-refractivity contribution is -0.155. The Hall–Kier alpha value is -9.79. The van der Waals surface area contributed by atoms with Crippen LogP contribution in [0.15, 0.2) is 132 Å². The summed E-state index contributed by atoms with van der Waals surface area (Å²) in [5, 5.41) is 29.9. The van der Waals surface area contributed by atoms with Crippen LogP contribution in [-0.4, -0.2) is 169 Å². The van der Waals surface area contributed by atoms with Gasteiger partial charge in [0.25, 0.3) is 22.2 Å². The molecule has 0 unspecified atom stereocenters. The van der Waals surface area contributed by atoms with E-state index < -0.39 is 27.7 Å². The number of piperidine rings is 6. The van der Waals surface area contributed by atoms with Gasteiger partial charge in [0.2, 0.25) is 5.91 Å². The van der Waals surface area contributed by atoms with E-state index in [0.29, 0.717) is 24.1 Å². The van der Waals surface area contributed by atoms with Gasteiger partial charge in [0, 0.05) is 206 Å². The number of nitrogen functional groups attached to an aromatic ring is 1. The summed E-state index contributed by atoms with van der Waals surface area (Å²) in [6.45, 7) is 54.5. The maximum atomic E-state index is 12.4. The second-order valence-corrected chi connectivity index (χ2v) is 39.2. The fraction of sp³-hybridized carbons (Fsp3) is 0.578. The van der Waals surface area contributed by atoms with Crippen molar-refractivity contribution >= 4 is 56.8 Å². The number of carbonyl (C=O) groups is 3. The minimum absolute atomic E-state index is 0.129. The number of carbonyl (C=O) groups excluding carboxylic acids is 3. The zero-order valence-corrected chi connectivity index (χ0v) is 77.3. The molecule has 5 aromatic carbocycles. The lowest BCUT2D eigenvalue weighted by Crippen LogP contribution is -2.45. The average molecular weight is 1760 g/mol. The van der Waals surface area contributed by atoms with Crippen LogP contribution in [0.4, 0.5) is 23.0 Å². The summed E-state index contributed by atoms with van der Waals surface area (Å²) in [7, 11) is 3.59. The molecule has 0 radical (unpaired) electrons. The lowest BCUT2D eigenvalue weighted by atomic mass is 9.73. The molecule has 2 atom stereocenters. The normalized spacial score (nSPS) is 21.3. The van der Waals surface area contributed by atoms with Gasteiger partial charge in [-0.05, 0) is 196 Å². The van der Waals surface area contributed by atoms with E-state index in [2.05, 4.69) is 107 Å². The monoisotopic (exact) mass is 1760 g/mol. The first-order chi connectivity index (χ1) is 60.0. The van der Waals surface area contributed by atoms with Gasteiger partial charge in [-0.3, -0.25) is 24.2 Å². The first kappa shape index (κ1) is 95.9. The number of ether oxygens (including phenoxy) is 2. The summed E-state index contributed by atoms with van der Waals surface area (Å²) in [6, 6.07) is 47.2. The summed E-state index contributed by atoms with van der Waals surface area (Å²) in [5.74, 6) is 1.06. The van der Waals surface area contributed by atoms with Crippen LogP contribution in [0.2, 0.25) is 0 Å². The van der Waals surface area contributed by atoms with E-state index in [1.165, 1.54) is 77.0 Å². The van der Waals surface area contributed by atoms with E-state index in [4.69, 9.17) is 46.5 Å². The molecule has 6 saturated heterocycles. The Kier molecular flexibility index (Phi) is 33.8. The second kappa shape index (κ2) is 44.1. The highest BCUT2D eigenvalue weighted by molar-refractivity contribution is 9.10. The summed E-state index contributed by atoms with van der Waals surface area (Å²) >= 11 is 3.42. The third-order valence-corrected chi connectivity index (χ3v) is 28.2. The molecule has 23 heteroatoms. The van der Waals surface area contributed by atoms with Crippen molar-refractivity contribution in [2.24, 2.45) is 5.92 Å². The van der Waals surface area contributed by atoms with Crippen LogP contribution in [0.3, 0.4) is 0 Å². The van der Waals surface area contributed by atoms with Crippen molar-refractivity contribution in [3.8, 4) is 12.1 Å². The molecule has 125 heavy (non-hydrogen) atoms. The minimum Gasteiger partial charge on any atom is -0.460 e. The van der Waals surface area contributed by atoms with Gasteiger partial charge >= 0.3 is 11.9 Å². The Morgan fingerprint density at radius 1 is 0.528 bits per heavy atom. The van der Waals surface area contributed by atoms with Gasteiger partial charge in [-0.1, -0.05) is 115 Å². The molecule has 0 bridgehead atoms. The molecule has 0 spiro atoms. The number of hydrogen-bond donors (Lipinski definition) is 4. The first-order valence-electron chi connectivity index (χ1n) is 45.9. The number of nitrogens with zero attached hydrogens (tertiary/aromatic N) is 13. The number of hydrogen-bond acceptors (Lipinski definition) is 17. The van der Waals surface area contributed by atoms with Crippen LogP contribution >= 0.6 is 15.9 Å². The molecule has 3 aliphatic carbocycles. The topological polar surface area (TPSA) is 239 Å². The van der Waals surface area contributed by atoms with Crippen LogP contribution in [0, 0.1) is 54.9 Å². The number of nitrogens with two attached hydrogens (primary N) is 1. The summed E-state index contributed by atoms with van der Waals surface area (Å²) < 4.78 is 11.8. The molecule has 6 aliphatic heterocycles. The molecule has 664 valence electrons. The Balaban J connectivity index is 0.000000159. The van der Waals surface area contributed by atoms with Gasteiger partial charge in [0.15, 0.2) is 11.5 Å². The predicted octanol–water partition coefficient (Wildman–Crippen LogP) is 19.1. The maximum Gasteiger partial charge on any atom is 0.310 e. The number of nitrogens with one attached hydrogen (secondary N) is 3. The molecule has 7 heterocycles. The van der Waals surface area contributed by atoms with Crippen molar-refractivity contribution in [3.05, 3.63) is 222 Å². The molecular weight excluding hydrogens is 1620 g/mol. The number of rotatable bonds is 17. The molecule has 15 rings (SSSR count). The number of aromatic nitrogens is 2. The number of likely N-dealkylation sites (tertiary alicyclic amines) is 3. The third kappa shape index (κ3) is 25.6. The molecule has 9 fully saturated rings. The Bertz CT molecular complexity index is 4760. The zero-order chi connectivity index (χ0) is 89.4. The number of anilines is 4. The van der Waals surface area contributed by atoms with E-state index in [9.17, 15) is 24.9 Å². The van der Waals surface area contributed by atoms with Gasteiger partial charge in [-0.15, -0.1) is 0 Å². The highest BCUT2D eigenvalue weighted by Gasteiger charge is 2.47. The van der Waals surface area contributed by atoms with Gasteiger partial charge < -0.3 is 65.2 Å². The Morgan fingerprint density at radius 3 is 1.26 bits per heavy atom. The summed E-state index contributed by atoms with van der Waals surface area (Å²) in [4.78, 5) is 73.1. The van der Waals surface area contributed by atoms with Crippen molar-refractivity contribution in [2.45, 2.75) is 285 Å². The first-order valence-corrected chi connectivity index (χ1v) is 46.7. The van der Waals surface area contributed by atoms with Crippen LogP contribution < -0.4 is 26.6 Å². The average Bonchev–Trinajstić information content (AvgIpc) is 1.72. The van der Waals surface area contributed by atoms with Gasteiger partial charge in [-0.2, -0.15) is 10.5 Å². The lowest BCUT2D eigenvalue weighted by Gasteiger charge is -2.40. The van der Waals surface area contributed by atoms with E-state index in [-0.39, 0.29) is 59.4 Å². The van der Waals surface area contributed by atoms with Gasteiger partial charge in [0.05, 0.1) is 30.5 Å². The Morgan fingerprint density at radius 2 is 0.896 bits per heavy atom. The fourth-order valence-electron chi connectivity index (χ4n) is 20.0. The highest BCUT2D eigenvalue weighted by Crippen LogP contribution is 2.44. The molecule has 1 amide bonds. The smallest absolute Gasteiger partial charge is 0.310 e. The number of amides is 1. The quantitative estimate of drug-likeness (QED) is 0.0377. The van der Waals surface area contributed by atoms with Crippen LogP contribution in [-0.2, 0) is 64.3 Å². The SMILES string of the molecule is C[C@@H]1[C@H](CC(=O)N(C)C)CCCN1c1cnc(C#N)c(Nc2ccc(C3(C#N)CCN(C4CCCC4)CC3)cc2)n1.[C-]#[N+]C1(c2ccc(Br)cc2)CCNCC1.[C-]#[N+]C1(c2ccc(CC(=O)OC(C)(C)C)cc2)CCN(C2CCCC2)CC1.[C-]#[N+]C1(c2ccc(CC(=O)OC(C)(C)C)cc2)CCNCC1.[C-]#[N+]C1(c2ccc(N)cc2)CCN(C2CCCC2)CC1. The van der Waals surface area contributed by atoms with Crippen LogP contribution in [0.5, 0.6) is 0 Å². The molecule has 3 saturated carbocycles. The zero-order valence-electron chi connectivity index (χ0n) is 75.7. The van der Waals surface area contributed by atoms with E-state index in [1.54, 1.807) is 25.2 Å². The standard InChI is InChI=1S/C32H42N8O.C23H32N2O2.C18H24N2O2.C17H23N3.C12H13BrN2/c1-23-24(19-30(41)38(2)3)7-6-16-40(23)29-21-35-28(20-33)31(37-29)36-26-12-10-25(11-13-26)32(22-34)14-17-39(18-15-32)27-8-4-5-9-27;1-22(2,3)27-21(26)17-18-9-11-19(12-10-18)23(24-4)13-15-25(16-14-23)20-7-5-6-8-20;1-17(2,3)22-16(21)13-14-5-7-15(8-6-14)18(19-4)9-11-20-12-10-18;1-19-17(14-6-8-15(18)9-7-14)10-12-20(13-11-17)16-4-2-3-5-16;1-14-12(6-8-15-9-7-12)10-2-4-11(13)5-3-10/h10-13,21,23-24,27H,4-9,14-19H2,1-3H3,(H,36,37);9-12,20H,5-8,13-17H2,1-3H3;5-8,20H,9-13H2,1-3H3;6-9,16H,2-5,10-13,18H2;2-5,15H,6-9H2/t23-,24+;;;;/m1..../s1. The van der Waals surface area contributed by atoms with Crippen molar-refractivity contribution in [3.63, 3.8) is 0 Å². The van der Waals surface area contributed by atoms with Crippen molar-refractivity contribution < 1.29 is 23.9 Å². The van der Waals surface area contributed by atoms with Crippen molar-refractivity contribution in [1.29, 1.82) is 10.5 Å². The summed E-state index contributed by atoms with van der Waals surface area (Å²) in [5.41, 5.74) is 12.1. The van der Waals surface area contributed by atoms with Gasteiger partial charge in [-0.25, -0.2) is 36.3 Å². The minimum atomic E-state index is -0.460. The highest BCUT2D eigenvalue weighted by atomic mass is 79.9. The van der Waals surface area contributed by atoms with Crippen LogP contribution in [0.1, 0.15) is 254 Å². The molecule has 9 aliphatic rings. The molecule has 6 aromatic rings. The number of halogens is 1.